The van der Waals surface area contributed by atoms with Crippen molar-refractivity contribution < 1.29 is 17.9 Å². The molecule has 1 aromatic carbocycles. The first-order chi connectivity index (χ1) is 13.7. The minimum atomic E-state index is -4.56. The maximum atomic E-state index is 13.6. The molecule has 7 heteroatoms. The van der Waals surface area contributed by atoms with E-state index in [1.165, 1.54) is 4.90 Å². The first-order valence-corrected chi connectivity index (χ1v) is 10.1. The fourth-order valence-corrected chi connectivity index (χ4v) is 3.14. The highest BCUT2D eigenvalue weighted by molar-refractivity contribution is 5.66. The number of halogens is 3. The van der Waals surface area contributed by atoms with E-state index in [9.17, 15) is 13.2 Å². The molecule has 2 rings (SSSR count). The van der Waals surface area contributed by atoms with Gasteiger partial charge >= 0.3 is 12.2 Å². The quantitative estimate of drug-likeness (QED) is 0.424. The molecule has 1 aromatic heterocycles. The van der Waals surface area contributed by atoms with Crippen molar-refractivity contribution in [2.75, 3.05) is 18.6 Å². The molecule has 0 amide bonds. The van der Waals surface area contributed by atoms with Crippen LogP contribution in [0.5, 0.6) is 6.01 Å². The monoisotopic (exact) mass is 409 g/mol. The molecule has 2 aromatic rings. The molecule has 4 nitrogen and oxygen atoms in total. The van der Waals surface area contributed by atoms with Gasteiger partial charge in [0.25, 0.3) is 0 Å². The zero-order valence-corrected chi connectivity index (χ0v) is 17.6. The van der Waals surface area contributed by atoms with Crippen molar-refractivity contribution >= 4 is 11.5 Å². The summed E-state index contributed by atoms with van der Waals surface area (Å²) in [5, 5.41) is 0. The largest absolute Gasteiger partial charge is 0.463 e. The number of anilines is 2. The topological polar surface area (TPSA) is 38.2 Å². The highest BCUT2D eigenvalue weighted by atomic mass is 19.4. The van der Waals surface area contributed by atoms with Gasteiger partial charge in [-0.3, -0.25) is 0 Å². The lowest BCUT2D eigenvalue weighted by atomic mass is 10.0. The van der Waals surface area contributed by atoms with Gasteiger partial charge in [-0.15, -0.1) is 0 Å². The number of ether oxygens (including phenoxy) is 1. The van der Waals surface area contributed by atoms with Crippen LogP contribution in [0.25, 0.3) is 0 Å². The number of hydrogen-bond donors (Lipinski definition) is 0. The minimum Gasteiger partial charge on any atom is -0.463 e. The van der Waals surface area contributed by atoms with Crippen LogP contribution in [0.2, 0.25) is 0 Å². The van der Waals surface area contributed by atoms with Crippen molar-refractivity contribution in [1.29, 1.82) is 0 Å². The van der Waals surface area contributed by atoms with E-state index >= 15 is 0 Å². The van der Waals surface area contributed by atoms with E-state index in [1.54, 1.807) is 7.05 Å². The van der Waals surface area contributed by atoms with E-state index in [1.807, 2.05) is 24.3 Å². The molecule has 0 saturated heterocycles. The van der Waals surface area contributed by atoms with E-state index in [0.717, 1.165) is 43.9 Å². The summed E-state index contributed by atoms with van der Waals surface area (Å²) in [6.45, 7) is 6.65. The first kappa shape index (κ1) is 23.0. The SMILES string of the molecule is CCCCCCOc1ncc(C(F)(F)F)c(N(C)c2ccccc2CC(C)C)n1. The lowest BCUT2D eigenvalue weighted by molar-refractivity contribution is -0.137. The molecule has 0 aliphatic heterocycles. The van der Waals surface area contributed by atoms with Crippen molar-refractivity contribution in [3.8, 4) is 6.01 Å². The van der Waals surface area contributed by atoms with E-state index in [-0.39, 0.29) is 11.8 Å². The van der Waals surface area contributed by atoms with Gasteiger partial charge in [-0.1, -0.05) is 58.2 Å². The second kappa shape index (κ2) is 10.5. The number of hydrogen-bond acceptors (Lipinski definition) is 4. The fourth-order valence-electron chi connectivity index (χ4n) is 3.14. The lowest BCUT2D eigenvalue weighted by Gasteiger charge is -2.25. The average molecular weight is 409 g/mol. The summed E-state index contributed by atoms with van der Waals surface area (Å²) in [6.07, 6.45) is 1.03. The van der Waals surface area contributed by atoms with Gasteiger partial charge in [0.2, 0.25) is 0 Å². The molecule has 0 bridgehead atoms. The van der Waals surface area contributed by atoms with Gasteiger partial charge in [0.15, 0.2) is 5.82 Å². The van der Waals surface area contributed by atoms with Gasteiger partial charge in [0.1, 0.15) is 5.56 Å². The van der Waals surface area contributed by atoms with Crippen molar-refractivity contribution in [1.82, 2.24) is 9.97 Å². The highest BCUT2D eigenvalue weighted by Crippen LogP contribution is 2.38. The zero-order chi connectivity index (χ0) is 21.4. The first-order valence-electron chi connectivity index (χ1n) is 10.1. The normalized spacial score (nSPS) is 11.7. The van der Waals surface area contributed by atoms with Crippen molar-refractivity contribution in [3.63, 3.8) is 0 Å². The van der Waals surface area contributed by atoms with Gasteiger partial charge < -0.3 is 9.64 Å². The number of para-hydroxylation sites is 1. The molecule has 0 unspecified atom stereocenters. The van der Waals surface area contributed by atoms with Crippen LogP contribution in [0.1, 0.15) is 57.6 Å². The molecule has 0 N–H and O–H groups in total. The van der Waals surface area contributed by atoms with Gasteiger partial charge in [0.05, 0.1) is 6.61 Å². The molecular weight excluding hydrogens is 379 g/mol. The standard InChI is InChI=1S/C22H30F3N3O/c1-5-6-7-10-13-29-21-26-15-18(22(23,24)25)20(27-21)28(4)19-12-9-8-11-17(19)14-16(2)3/h8-9,11-12,15-16H,5-7,10,13-14H2,1-4H3. The van der Waals surface area contributed by atoms with E-state index < -0.39 is 11.7 Å². The Hall–Kier alpha value is -2.31. The molecule has 0 saturated carbocycles. The molecule has 29 heavy (non-hydrogen) atoms. The predicted octanol–water partition coefficient (Wildman–Crippen LogP) is 6.42. The van der Waals surface area contributed by atoms with Crippen LogP contribution in [0.15, 0.2) is 30.5 Å². The maximum Gasteiger partial charge on any atom is 0.421 e. The summed E-state index contributed by atoms with van der Waals surface area (Å²) >= 11 is 0. The van der Waals surface area contributed by atoms with E-state index in [2.05, 4.69) is 30.7 Å². The van der Waals surface area contributed by atoms with Gasteiger partial charge in [0, 0.05) is 18.9 Å². The lowest BCUT2D eigenvalue weighted by Crippen LogP contribution is -2.20. The molecule has 160 valence electrons. The molecule has 0 fully saturated rings. The molecular formula is C22H30F3N3O. The third-order valence-electron chi connectivity index (χ3n) is 4.58. The number of unbranched alkanes of at least 4 members (excludes halogenated alkanes) is 3. The number of rotatable bonds is 10. The summed E-state index contributed by atoms with van der Waals surface area (Å²) in [7, 11) is 1.60. The molecule has 0 radical (unpaired) electrons. The van der Waals surface area contributed by atoms with Crippen LogP contribution in [0, 0.1) is 5.92 Å². The molecule has 0 aliphatic carbocycles. The van der Waals surface area contributed by atoms with Gasteiger partial charge in [-0.05, 0) is 30.4 Å². The maximum absolute atomic E-state index is 13.6. The number of aromatic nitrogens is 2. The van der Waals surface area contributed by atoms with Crippen LogP contribution in [0.4, 0.5) is 24.7 Å². The van der Waals surface area contributed by atoms with Crippen LogP contribution in [0.3, 0.4) is 0 Å². The number of nitrogens with zero attached hydrogens (tertiary/aromatic N) is 3. The van der Waals surface area contributed by atoms with Crippen molar-refractivity contribution in [2.45, 2.75) is 59.1 Å². The second-order valence-electron chi connectivity index (χ2n) is 7.58. The predicted molar refractivity (Wildman–Crippen MR) is 110 cm³/mol. The molecule has 1 heterocycles. The molecule has 0 atom stereocenters. The fraction of sp³-hybridized carbons (Fsp3) is 0.545. The average Bonchev–Trinajstić information content (AvgIpc) is 2.66. The van der Waals surface area contributed by atoms with Crippen LogP contribution in [-0.2, 0) is 12.6 Å². The van der Waals surface area contributed by atoms with Crippen LogP contribution >= 0.6 is 0 Å². The summed E-state index contributed by atoms with van der Waals surface area (Å²) in [5.74, 6) is 0.173. The third-order valence-corrected chi connectivity index (χ3v) is 4.58. The number of alkyl halides is 3. The summed E-state index contributed by atoms with van der Waals surface area (Å²) in [5.41, 5.74) is 0.788. The second-order valence-corrected chi connectivity index (χ2v) is 7.58. The van der Waals surface area contributed by atoms with Crippen molar-refractivity contribution in [3.05, 3.63) is 41.6 Å². The summed E-state index contributed by atoms with van der Waals surface area (Å²) in [6, 6.07) is 7.42. The Labute approximate surface area is 171 Å². The Morgan fingerprint density at radius 2 is 1.83 bits per heavy atom. The van der Waals surface area contributed by atoms with Crippen molar-refractivity contribution in [2.24, 2.45) is 5.92 Å². The zero-order valence-electron chi connectivity index (χ0n) is 17.6. The highest BCUT2D eigenvalue weighted by Gasteiger charge is 2.37. The van der Waals surface area contributed by atoms with E-state index in [4.69, 9.17) is 4.74 Å². The minimum absolute atomic E-state index is 0.0299. The Morgan fingerprint density at radius 3 is 2.48 bits per heavy atom. The Kier molecular flexibility index (Phi) is 8.29. The van der Waals surface area contributed by atoms with Gasteiger partial charge in [-0.2, -0.15) is 18.2 Å². The van der Waals surface area contributed by atoms with Crippen LogP contribution in [-0.4, -0.2) is 23.6 Å². The van der Waals surface area contributed by atoms with Gasteiger partial charge in [-0.25, -0.2) is 4.98 Å². The number of benzene rings is 1. The van der Waals surface area contributed by atoms with Crippen LogP contribution < -0.4 is 9.64 Å². The third kappa shape index (κ3) is 6.61. The molecule has 0 aliphatic rings. The van der Waals surface area contributed by atoms with E-state index in [0.29, 0.717) is 18.2 Å². The Balaban J connectivity index is 2.34. The Morgan fingerprint density at radius 1 is 1.10 bits per heavy atom. The summed E-state index contributed by atoms with van der Waals surface area (Å²) < 4.78 is 46.4. The smallest absolute Gasteiger partial charge is 0.421 e. The molecule has 0 spiro atoms. The summed E-state index contributed by atoms with van der Waals surface area (Å²) in [4.78, 5) is 9.39. The Bertz CT molecular complexity index is 778.